The number of rotatable bonds is 2. The monoisotopic (exact) mass is 244 g/mol. The van der Waals surface area contributed by atoms with Crippen LogP contribution in [0.5, 0.6) is 0 Å². The molecule has 3 heterocycles. The maximum Gasteiger partial charge on any atom is 0.293 e. The summed E-state index contributed by atoms with van der Waals surface area (Å²) in [6, 6.07) is 4.11. The quantitative estimate of drug-likeness (QED) is 0.811. The zero-order chi connectivity index (χ0) is 12.5. The lowest BCUT2D eigenvalue weighted by molar-refractivity contribution is -0.122. The van der Waals surface area contributed by atoms with E-state index in [1.165, 1.54) is 0 Å². The second-order valence-electron chi connectivity index (χ2n) is 4.03. The number of amides is 1. The van der Waals surface area contributed by atoms with Crippen molar-refractivity contribution in [3.8, 4) is 0 Å². The highest BCUT2D eigenvalue weighted by molar-refractivity contribution is 5.98. The highest BCUT2D eigenvalue weighted by atomic mass is 16.5. The second kappa shape index (κ2) is 4.14. The Kier molecular flexibility index (Phi) is 2.47. The first kappa shape index (κ1) is 10.8. The number of amidine groups is 1. The van der Waals surface area contributed by atoms with Crippen LogP contribution in [0.2, 0.25) is 0 Å². The highest BCUT2D eigenvalue weighted by Gasteiger charge is 2.29. The molecule has 0 radical (unpaired) electrons. The number of nitrogens with one attached hydrogen (secondary N) is 2. The number of nitrogens with zero attached hydrogens (tertiary/aromatic N) is 2. The SMILES string of the molecule is CNC1=NC(=O)C(Cc2c[nH]c3ncccc23)O1. The number of carbonyl (C=O) groups is 1. The Morgan fingerprint density at radius 3 is 3.22 bits per heavy atom. The van der Waals surface area contributed by atoms with E-state index in [0.29, 0.717) is 6.42 Å². The van der Waals surface area contributed by atoms with Gasteiger partial charge in [0.25, 0.3) is 11.9 Å². The Hall–Kier alpha value is -2.37. The van der Waals surface area contributed by atoms with Crippen molar-refractivity contribution in [3.63, 3.8) is 0 Å². The van der Waals surface area contributed by atoms with Crippen molar-refractivity contribution >= 4 is 23.0 Å². The van der Waals surface area contributed by atoms with Gasteiger partial charge in [-0.2, -0.15) is 4.99 Å². The minimum atomic E-state index is -0.549. The van der Waals surface area contributed by atoms with E-state index in [1.807, 2.05) is 18.3 Å². The Morgan fingerprint density at radius 1 is 1.56 bits per heavy atom. The number of carbonyl (C=O) groups excluding carboxylic acids is 1. The first-order chi connectivity index (χ1) is 8.78. The topological polar surface area (TPSA) is 79.4 Å². The third-order valence-corrected chi connectivity index (χ3v) is 2.90. The zero-order valence-electron chi connectivity index (χ0n) is 9.80. The predicted octanol–water partition coefficient (Wildman–Crippen LogP) is 0.606. The molecule has 0 saturated heterocycles. The maximum absolute atomic E-state index is 11.6. The van der Waals surface area contributed by atoms with Crippen LogP contribution in [0.25, 0.3) is 11.0 Å². The molecular weight excluding hydrogens is 232 g/mol. The molecule has 0 bridgehead atoms. The van der Waals surface area contributed by atoms with Gasteiger partial charge in [0.05, 0.1) is 0 Å². The molecule has 2 aromatic heterocycles. The normalized spacial score (nSPS) is 18.8. The fourth-order valence-corrected chi connectivity index (χ4v) is 2.01. The number of aliphatic imine (C=N–C) groups is 1. The Balaban J connectivity index is 1.84. The Labute approximate surface area is 103 Å². The molecule has 1 unspecified atom stereocenters. The molecule has 92 valence electrons. The van der Waals surface area contributed by atoms with E-state index < -0.39 is 6.10 Å². The first-order valence-electron chi connectivity index (χ1n) is 5.66. The summed E-state index contributed by atoms with van der Waals surface area (Å²) in [5.74, 6) is -0.252. The van der Waals surface area contributed by atoms with Gasteiger partial charge >= 0.3 is 0 Å². The molecule has 0 aromatic carbocycles. The van der Waals surface area contributed by atoms with Crippen molar-refractivity contribution in [2.75, 3.05) is 7.05 Å². The van der Waals surface area contributed by atoms with Crippen LogP contribution in [0, 0.1) is 0 Å². The van der Waals surface area contributed by atoms with Crippen LogP contribution in [0.4, 0.5) is 0 Å². The van der Waals surface area contributed by atoms with Crippen LogP contribution in [0.1, 0.15) is 5.56 Å². The number of fused-ring (bicyclic) bond motifs is 1. The van der Waals surface area contributed by atoms with Crippen LogP contribution in [0.3, 0.4) is 0 Å². The van der Waals surface area contributed by atoms with Crippen LogP contribution >= 0.6 is 0 Å². The average Bonchev–Trinajstić information content (AvgIpc) is 2.95. The lowest BCUT2D eigenvalue weighted by Crippen LogP contribution is -2.24. The number of ether oxygens (including phenoxy) is 1. The van der Waals surface area contributed by atoms with Gasteiger partial charge in [-0.1, -0.05) is 0 Å². The zero-order valence-corrected chi connectivity index (χ0v) is 9.80. The maximum atomic E-state index is 11.6. The molecule has 0 aliphatic carbocycles. The van der Waals surface area contributed by atoms with Gasteiger partial charge < -0.3 is 15.0 Å². The summed E-state index contributed by atoms with van der Waals surface area (Å²) in [6.07, 6.45) is 3.51. The van der Waals surface area contributed by atoms with Crippen LogP contribution in [0.15, 0.2) is 29.5 Å². The largest absolute Gasteiger partial charge is 0.451 e. The molecule has 1 aliphatic heterocycles. The second-order valence-corrected chi connectivity index (χ2v) is 4.03. The lowest BCUT2D eigenvalue weighted by atomic mass is 10.1. The molecule has 0 fully saturated rings. The van der Waals surface area contributed by atoms with E-state index in [0.717, 1.165) is 16.6 Å². The van der Waals surface area contributed by atoms with Crippen molar-refractivity contribution in [1.29, 1.82) is 0 Å². The highest BCUT2D eigenvalue weighted by Crippen LogP contribution is 2.20. The molecule has 3 rings (SSSR count). The van der Waals surface area contributed by atoms with E-state index in [1.54, 1.807) is 13.2 Å². The van der Waals surface area contributed by atoms with Crippen molar-refractivity contribution in [2.45, 2.75) is 12.5 Å². The van der Waals surface area contributed by atoms with Gasteiger partial charge in [0.1, 0.15) is 5.65 Å². The number of pyridine rings is 1. The fourth-order valence-electron chi connectivity index (χ4n) is 2.01. The summed E-state index contributed by atoms with van der Waals surface area (Å²) in [5.41, 5.74) is 1.82. The van der Waals surface area contributed by atoms with E-state index in [4.69, 9.17) is 4.74 Å². The van der Waals surface area contributed by atoms with Crippen molar-refractivity contribution in [3.05, 3.63) is 30.1 Å². The number of hydrogen-bond donors (Lipinski definition) is 2. The number of aromatic amines is 1. The van der Waals surface area contributed by atoms with E-state index in [-0.39, 0.29) is 11.9 Å². The molecule has 2 N–H and O–H groups in total. The molecule has 1 aliphatic rings. The van der Waals surface area contributed by atoms with E-state index in [2.05, 4.69) is 20.3 Å². The summed E-state index contributed by atoms with van der Waals surface area (Å²) >= 11 is 0. The molecule has 6 heteroatoms. The molecule has 18 heavy (non-hydrogen) atoms. The third kappa shape index (κ3) is 1.71. The van der Waals surface area contributed by atoms with Gasteiger partial charge in [0.2, 0.25) is 0 Å². The van der Waals surface area contributed by atoms with Gasteiger partial charge in [-0.3, -0.25) is 4.79 Å². The standard InChI is InChI=1S/C12H12N4O2/c1-13-12-16-11(17)9(18-12)5-7-6-15-10-8(7)3-2-4-14-10/h2-4,6,9H,5H2,1H3,(H,14,15)(H,13,16,17). The van der Waals surface area contributed by atoms with Crippen molar-refractivity contribution in [2.24, 2.45) is 4.99 Å². The smallest absolute Gasteiger partial charge is 0.293 e. The van der Waals surface area contributed by atoms with Crippen LogP contribution in [-0.2, 0) is 16.0 Å². The molecule has 0 spiro atoms. The Morgan fingerprint density at radius 2 is 2.44 bits per heavy atom. The van der Waals surface area contributed by atoms with Gasteiger partial charge in [0, 0.05) is 31.2 Å². The Bertz CT molecular complexity index is 632. The van der Waals surface area contributed by atoms with Gasteiger partial charge in [-0.15, -0.1) is 0 Å². The molecule has 2 aromatic rings. The summed E-state index contributed by atoms with van der Waals surface area (Å²) in [4.78, 5) is 22.7. The van der Waals surface area contributed by atoms with Crippen molar-refractivity contribution < 1.29 is 9.53 Å². The average molecular weight is 244 g/mol. The molecular formula is C12H12N4O2. The van der Waals surface area contributed by atoms with E-state index >= 15 is 0 Å². The van der Waals surface area contributed by atoms with E-state index in [9.17, 15) is 4.79 Å². The molecule has 6 nitrogen and oxygen atoms in total. The summed E-state index contributed by atoms with van der Waals surface area (Å²) < 4.78 is 5.40. The summed E-state index contributed by atoms with van der Waals surface area (Å²) in [7, 11) is 1.67. The fraction of sp³-hybridized carbons (Fsp3) is 0.250. The van der Waals surface area contributed by atoms with Gasteiger partial charge in [-0.05, 0) is 17.7 Å². The van der Waals surface area contributed by atoms with Crippen LogP contribution < -0.4 is 5.32 Å². The minimum absolute atomic E-state index is 0.252. The molecule has 1 amide bonds. The number of H-pyrrole nitrogens is 1. The summed E-state index contributed by atoms with van der Waals surface area (Å²) in [5, 5.41) is 3.73. The van der Waals surface area contributed by atoms with Crippen LogP contribution in [-0.4, -0.2) is 35.0 Å². The third-order valence-electron chi connectivity index (χ3n) is 2.90. The lowest BCUT2D eigenvalue weighted by Gasteiger charge is -2.08. The summed E-state index contributed by atoms with van der Waals surface area (Å²) in [6.45, 7) is 0. The number of hydrogen-bond acceptors (Lipinski definition) is 4. The minimum Gasteiger partial charge on any atom is -0.451 e. The molecule has 1 atom stereocenters. The molecule has 0 saturated carbocycles. The van der Waals surface area contributed by atoms with Crippen molar-refractivity contribution in [1.82, 2.24) is 15.3 Å². The van der Waals surface area contributed by atoms with Gasteiger partial charge in [-0.25, -0.2) is 4.98 Å². The first-order valence-corrected chi connectivity index (χ1v) is 5.66. The predicted molar refractivity (Wildman–Crippen MR) is 66.2 cm³/mol. The van der Waals surface area contributed by atoms with Gasteiger partial charge in [0.15, 0.2) is 6.10 Å². The number of aromatic nitrogens is 2.